The van der Waals surface area contributed by atoms with E-state index in [2.05, 4.69) is 4.74 Å². The minimum Gasteiger partial charge on any atom is -0.482 e. The molecular weight excluding hydrogens is 341 g/mol. The summed E-state index contributed by atoms with van der Waals surface area (Å²) in [7, 11) is 1.33. The Hall–Kier alpha value is -1.46. The fraction of sp³-hybridized carbons (Fsp3) is 0.500. The molecule has 0 radical (unpaired) electrons. The minimum atomic E-state index is -0.394. The van der Waals surface area contributed by atoms with Crippen LogP contribution in [0, 0.1) is 5.92 Å². The molecule has 1 amide bonds. The van der Waals surface area contributed by atoms with Gasteiger partial charge in [-0.1, -0.05) is 37.0 Å². The Morgan fingerprint density at radius 2 is 2.00 bits per heavy atom. The Morgan fingerprint density at radius 1 is 1.30 bits per heavy atom. The molecular formula is C16H21Cl2NO4. The second kappa shape index (κ2) is 9.63. The number of nitrogens with zero attached hydrogens (tertiary/aromatic N) is 1. The SMILES string of the molecule is CCCN(CC(C)C(=O)OC)C(=O)COc1ccc(Cl)cc1Cl. The van der Waals surface area contributed by atoms with Crippen LogP contribution in [0.15, 0.2) is 18.2 Å². The second-order valence-electron chi connectivity index (χ2n) is 5.13. The van der Waals surface area contributed by atoms with Crippen LogP contribution in [0.4, 0.5) is 0 Å². The quantitative estimate of drug-likeness (QED) is 0.665. The number of hydrogen-bond acceptors (Lipinski definition) is 4. The average Bonchev–Trinajstić information content (AvgIpc) is 2.52. The number of carbonyl (C=O) groups is 2. The summed E-state index contributed by atoms with van der Waals surface area (Å²) in [6.45, 7) is 4.35. The van der Waals surface area contributed by atoms with E-state index in [1.54, 1.807) is 30.0 Å². The van der Waals surface area contributed by atoms with Gasteiger partial charge in [-0.3, -0.25) is 9.59 Å². The van der Waals surface area contributed by atoms with Crippen molar-refractivity contribution in [2.75, 3.05) is 26.8 Å². The molecule has 0 aliphatic carbocycles. The third kappa shape index (κ3) is 6.28. The normalized spacial score (nSPS) is 11.7. The molecule has 1 aromatic rings. The zero-order valence-corrected chi connectivity index (χ0v) is 15.0. The Balaban J connectivity index is 2.65. The fourth-order valence-corrected chi connectivity index (χ4v) is 2.48. The van der Waals surface area contributed by atoms with Gasteiger partial charge in [0.1, 0.15) is 5.75 Å². The molecule has 5 nitrogen and oxygen atoms in total. The lowest BCUT2D eigenvalue weighted by Gasteiger charge is -2.24. The fourth-order valence-electron chi connectivity index (χ4n) is 2.02. The number of benzene rings is 1. The van der Waals surface area contributed by atoms with Crippen molar-refractivity contribution >= 4 is 35.1 Å². The summed E-state index contributed by atoms with van der Waals surface area (Å²) in [5.41, 5.74) is 0. The summed E-state index contributed by atoms with van der Waals surface area (Å²) in [6, 6.07) is 4.79. The van der Waals surface area contributed by atoms with Crippen molar-refractivity contribution in [2.45, 2.75) is 20.3 Å². The van der Waals surface area contributed by atoms with Crippen molar-refractivity contribution in [3.05, 3.63) is 28.2 Å². The van der Waals surface area contributed by atoms with Gasteiger partial charge in [0.05, 0.1) is 18.1 Å². The summed E-state index contributed by atoms with van der Waals surface area (Å²) < 4.78 is 10.1. The van der Waals surface area contributed by atoms with Crippen LogP contribution in [0.1, 0.15) is 20.3 Å². The van der Waals surface area contributed by atoms with Gasteiger partial charge >= 0.3 is 5.97 Å². The van der Waals surface area contributed by atoms with Crippen molar-refractivity contribution in [3.63, 3.8) is 0 Å². The Bertz CT molecular complexity index is 551. The van der Waals surface area contributed by atoms with Crippen LogP contribution < -0.4 is 4.74 Å². The Kier molecular flexibility index (Phi) is 8.20. The first kappa shape index (κ1) is 19.6. The maximum absolute atomic E-state index is 12.3. The van der Waals surface area contributed by atoms with E-state index in [-0.39, 0.29) is 25.0 Å². The monoisotopic (exact) mass is 361 g/mol. The molecule has 0 heterocycles. The summed E-state index contributed by atoms with van der Waals surface area (Å²) >= 11 is 11.8. The Morgan fingerprint density at radius 3 is 2.57 bits per heavy atom. The number of ether oxygens (including phenoxy) is 2. The molecule has 0 spiro atoms. The minimum absolute atomic E-state index is 0.157. The Labute approximate surface area is 146 Å². The van der Waals surface area contributed by atoms with Crippen LogP contribution in [0.2, 0.25) is 10.0 Å². The van der Waals surface area contributed by atoms with Crippen LogP contribution in [-0.2, 0) is 14.3 Å². The smallest absolute Gasteiger partial charge is 0.310 e. The third-order valence-electron chi connectivity index (χ3n) is 3.19. The number of methoxy groups -OCH3 is 1. The molecule has 0 aliphatic rings. The lowest BCUT2D eigenvalue weighted by Crippen LogP contribution is -2.40. The summed E-state index contributed by atoms with van der Waals surface area (Å²) in [5, 5.41) is 0.837. The van der Waals surface area contributed by atoms with Crippen molar-refractivity contribution in [1.29, 1.82) is 0 Å². The summed E-state index contributed by atoms with van der Waals surface area (Å²) in [5.74, 6) is -0.564. The molecule has 0 saturated heterocycles. The van der Waals surface area contributed by atoms with Gasteiger partial charge in [0.25, 0.3) is 5.91 Å². The molecule has 0 N–H and O–H groups in total. The van der Waals surface area contributed by atoms with E-state index in [1.807, 2.05) is 6.92 Å². The maximum Gasteiger partial charge on any atom is 0.310 e. The van der Waals surface area contributed by atoms with Gasteiger partial charge in [-0.25, -0.2) is 0 Å². The molecule has 0 aliphatic heterocycles. The molecule has 0 bridgehead atoms. The van der Waals surface area contributed by atoms with E-state index in [0.29, 0.717) is 22.3 Å². The lowest BCUT2D eigenvalue weighted by atomic mass is 10.1. The third-order valence-corrected chi connectivity index (χ3v) is 3.72. The molecule has 1 rings (SSSR count). The first-order valence-electron chi connectivity index (χ1n) is 7.32. The first-order valence-corrected chi connectivity index (χ1v) is 8.08. The van der Waals surface area contributed by atoms with E-state index in [1.165, 1.54) is 7.11 Å². The highest BCUT2D eigenvalue weighted by Gasteiger charge is 2.21. The van der Waals surface area contributed by atoms with E-state index < -0.39 is 5.92 Å². The van der Waals surface area contributed by atoms with E-state index in [0.717, 1.165) is 6.42 Å². The largest absolute Gasteiger partial charge is 0.482 e. The molecule has 23 heavy (non-hydrogen) atoms. The molecule has 0 saturated carbocycles. The van der Waals surface area contributed by atoms with Gasteiger partial charge in [0, 0.05) is 18.1 Å². The van der Waals surface area contributed by atoms with Gasteiger partial charge in [0.2, 0.25) is 0 Å². The molecule has 1 aromatic carbocycles. The van der Waals surface area contributed by atoms with Crippen LogP contribution in [-0.4, -0.2) is 43.6 Å². The highest BCUT2D eigenvalue weighted by molar-refractivity contribution is 6.35. The summed E-state index contributed by atoms with van der Waals surface area (Å²) in [6.07, 6.45) is 0.779. The summed E-state index contributed by atoms with van der Waals surface area (Å²) in [4.78, 5) is 25.4. The number of hydrogen-bond donors (Lipinski definition) is 0. The number of carbonyl (C=O) groups excluding carboxylic acids is 2. The van der Waals surface area contributed by atoms with Gasteiger partial charge in [-0.15, -0.1) is 0 Å². The van der Waals surface area contributed by atoms with Crippen LogP contribution >= 0.6 is 23.2 Å². The zero-order valence-electron chi connectivity index (χ0n) is 13.5. The predicted molar refractivity (Wildman–Crippen MR) is 90.0 cm³/mol. The zero-order chi connectivity index (χ0) is 17.4. The van der Waals surface area contributed by atoms with Gasteiger partial charge in [0.15, 0.2) is 6.61 Å². The van der Waals surface area contributed by atoms with Crippen LogP contribution in [0.5, 0.6) is 5.75 Å². The molecule has 7 heteroatoms. The van der Waals surface area contributed by atoms with E-state index >= 15 is 0 Å². The molecule has 1 unspecified atom stereocenters. The molecule has 128 valence electrons. The number of halogens is 2. The first-order chi connectivity index (χ1) is 10.9. The predicted octanol–water partition coefficient (Wildman–Crippen LogP) is 3.42. The van der Waals surface area contributed by atoms with Gasteiger partial charge < -0.3 is 14.4 Å². The van der Waals surface area contributed by atoms with Crippen molar-refractivity contribution in [3.8, 4) is 5.75 Å². The number of rotatable bonds is 8. The topological polar surface area (TPSA) is 55.8 Å². The van der Waals surface area contributed by atoms with E-state index in [4.69, 9.17) is 27.9 Å². The van der Waals surface area contributed by atoms with Crippen LogP contribution in [0.3, 0.4) is 0 Å². The average molecular weight is 362 g/mol. The standard InChI is InChI=1S/C16H21Cl2NO4/c1-4-7-19(9-11(2)16(21)22-3)15(20)10-23-14-6-5-12(17)8-13(14)18/h5-6,8,11H,4,7,9-10H2,1-3H3. The maximum atomic E-state index is 12.3. The number of amides is 1. The highest BCUT2D eigenvalue weighted by Crippen LogP contribution is 2.27. The van der Waals surface area contributed by atoms with Crippen molar-refractivity contribution in [1.82, 2.24) is 4.90 Å². The second-order valence-corrected chi connectivity index (χ2v) is 5.97. The van der Waals surface area contributed by atoms with E-state index in [9.17, 15) is 9.59 Å². The highest BCUT2D eigenvalue weighted by atomic mass is 35.5. The van der Waals surface area contributed by atoms with Crippen molar-refractivity contribution < 1.29 is 19.1 Å². The molecule has 0 fully saturated rings. The van der Waals surface area contributed by atoms with Gasteiger partial charge in [-0.2, -0.15) is 0 Å². The number of esters is 1. The molecule has 0 aromatic heterocycles. The van der Waals surface area contributed by atoms with Gasteiger partial charge in [-0.05, 0) is 24.6 Å². The molecule has 1 atom stereocenters. The van der Waals surface area contributed by atoms with Crippen LogP contribution in [0.25, 0.3) is 0 Å². The van der Waals surface area contributed by atoms with Crippen molar-refractivity contribution in [2.24, 2.45) is 5.92 Å². The lowest BCUT2D eigenvalue weighted by molar-refractivity contribution is -0.146.